The summed E-state index contributed by atoms with van der Waals surface area (Å²) in [5.74, 6) is -0.513. The van der Waals surface area contributed by atoms with Gasteiger partial charge in [-0.3, -0.25) is 4.79 Å². The van der Waals surface area contributed by atoms with Gasteiger partial charge in [-0.1, -0.05) is 54.1 Å². The Morgan fingerprint density at radius 1 is 1.11 bits per heavy atom. The third-order valence-corrected chi connectivity index (χ3v) is 8.48. The van der Waals surface area contributed by atoms with E-state index in [0.717, 1.165) is 58.5 Å². The fourth-order valence-electron chi connectivity index (χ4n) is 5.34. The van der Waals surface area contributed by atoms with Crippen molar-refractivity contribution in [2.24, 2.45) is 5.92 Å². The highest BCUT2D eigenvalue weighted by atomic mass is 35.5. The minimum absolute atomic E-state index is 0.00280. The number of hydrogen-bond donors (Lipinski definition) is 1. The molecule has 4 aromatic rings. The van der Waals surface area contributed by atoms with Crippen molar-refractivity contribution in [3.63, 3.8) is 0 Å². The molecule has 0 radical (unpaired) electrons. The van der Waals surface area contributed by atoms with Crippen molar-refractivity contribution in [3.05, 3.63) is 70.6 Å². The molecule has 2 aromatic carbocycles. The molecule has 3 heterocycles. The molecule has 0 spiro atoms. The molecule has 37 heavy (non-hydrogen) atoms. The van der Waals surface area contributed by atoms with E-state index in [0.29, 0.717) is 17.5 Å². The Balaban J connectivity index is 1.61. The number of thiophene rings is 1. The molecule has 1 fully saturated rings. The van der Waals surface area contributed by atoms with Gasteiger partial charge >= 0.3 is 5.97 Å². The van der Waals surface area contributed by atoms with Crippen molar-refractivity contribution >= 4 is 45.0 Å². The Morgan fingerprint density at radius 3 is 2.51 bits per heavy atom. The van der Waals surface area contributed by atoms with Gasteiger partial charge in [0.1, 0.15) is 11.4 Å². The molecule has 1 N–H and O–H groups in total. The maximum Gasteiger partial charge on any atom is 0.345 e. The van der Waals surface area contributed by atoms with Crippen molar-refractivity contribution in [1.82, 2.24) is 14.4 Å². The molecule has 0 aliphatic carbocycles. The topological polar surface area (TPSA) is 65.8 Å². The maximum atomic E-state index is 13.6. The summed E-state index contributed by atoms with van der Waals surface area (Å²) in [5, 5.41) is 10.4. The van der Waals surface area contributed by atoms with Crippen LogP contribution in [-0.4, -0.2) is 65.1 Å². The van der Waals surface area contributed by atoms with Crippen LogP contribution >= 0.6 is 22.9 Å². The van der Waals surface area contributed by atoms with E-state index in [2.05, 4.69) is 11.9 Å². The normalized spacial score (nSPS) is 16.2. The summed E-state index contributed by atoms with van der Waals surface area (Å²) >= 11 is 7.45. The van der Waals surface area contributed by atoms with Crippen LogP contribution in [0.4, 0.5) is 0 Å². The second kappa shape index (κ2) is 10.7. The van der Waals surface area contributed by atoms with Gasteiger partial charge < -0.3 is 19.5 Å². The molecule has 0 saturated carbocycles. The van der Waals surface area contributed by atoms with Crippen molar-refractivity contribution in [3.8, 4) is 22.4 Å². The average molecular weight is 536 g/mol. The van der Waals surface area contributed by atoms with E-state index in [-0.39, 0.29) is 17.3 Å². The number of nitrogens with zero attached hydrogens (tertiary/aromatic N) is 3. The Hall–Kier alpha value is -3.13. The minimum atomic E-state index is -0.968. The third kappa shape index (κ3) is 5.30. The highest BCUT2D eigenvalue weighted by molar-refractivity contribution is 7.21. The maximum absolute atomic E-state index is 13.6. The Bertz CT molecular complexity index is 1430. The Kier molecular flexibility index (Phi) is 7.38. The first-order valence-electron chi connectivity index (χ1n) is 12.4. The summed E-state index contributed by atoms with van der Waals surface area (Å²) in [6.07, 6.45) is 2.27. The summed E-state index contributed by atoms with van der Waals surface area (Å²) in [5.41, 5.74) is 4.47. The number of aromatic carboxylic acids is 1. The molecule has 1 aliphatic heterocycles. The smallest absolute Gasteiger partial charge is 0.345 e. The highest BCUT2D eigenvalue weighted by Crippen LogP contribution is 2.45. The monoisotopic (exact) mass is 535 g/mol. The molecule has 2 aromatic heterocycles. The molecule has 1 atom stereocenters. The zero-order valence-corrected chi connectivity index (χ0v) is 22.6. The number of carboxylic acid groups (broad SMARTS) is 1. The van der Waals surface area contributed by atoms with Gasteiger partial charge in [0.25, 0.3) is 0 Å². The van der Waals surface area contributed by atoms with Crippen LogP contribution in [0.15, 0.2) is 60.7 Å². The lowest BCUT2D eigenvalue weighted by atomic mass is 9.98. The number of piperidine rings is 1. The van der Waals surface area contributed by atoms with Crippen LogP contribution in [0, 0.1) is 5.92 Å². The van der Waals surface area contributed by atoms with Gasteiger partial charge in [-0.2, -0.15) is 0 Å². The van der Waals surface area contributed by atoms with E-state index in [4.69, 9.17) is 11.6 Å². The van der Waals surface area contributed by atoms with E-state index in [1.165, 1.54) is 11.3 Å². The number of carbonyl (C=O) groups is 2. The molecule has 1 unspecified atom stereocenters. The number of carbonyl (C=O) groups excluding carboxylic acids is 1. The molecule has 6 nitrogen and oxygen atoms in total. The Labute approximate surface area is 225 Å². The van der Waals surface area contributed by atoms with Crippen LogP contribution in [0.2, 0.25) is 5.02 Å². The SMILES string of the molecule is CN1CCCC(CN(C)C(=O)Cn2c(-c3ccc(Cl)cc3)c(-c3ccccc3)c3sc(C(=O)O)cc32)C1. The number of carboxylic acids is 1. The zero-order valence-electron chi connectivity index (χ0n) is 21.0. The molecular formula is C29H30ClN3O3S. The number of rotatable bonds is 7. The van der Waals surface area contributed by atoms with Gasteiger partial charge in [-0.05, 0) is 61.7 Å². The number of likely N-dealkylation sites (tertiary alicyclic amines) is 1. The largest absolute Gasteiger partial charge is 0.477 e. The van der Waals surface area contributed by atoms with Gasteiger partial charge in [0.2, 0.25) is 5.91 Å². The van der Waals surface area contributed by atoms with Crippen LogP contribution in [0.1, 0.15) is 22.5 Å². The number of fused-ring (bicyclic) bond motifs is 1. The van der Waals surface area contributed by atoms with E-state index < -0.39 is 5.97 Å². The van der Waals surface area contributed by atoms with E-state index in [1.807, 2.05) is 71.1 Å². The number of likely N-dealkylation sites (N-methyl/N-ethyl adjacent to an activating group) is 1. The van der Waals surface area contributed by atoms with Gasteiger partial charge in [0.15, 0.2) is 0 Å². The van der Waals surface area contributed by atoms with Crippen molar-refractivity contribution in [2.75, 3.05) is 33.7 Å². The fraction of sp³-hybridized carbons (Fsp3) is 0.310. The zero-order chi connectivity index (χ0) is 26.1. The predicted molar refractivity (Wildman–Crippen MR) is 151 cm³/mol. The van der Waals surface area contributed by atoms with E-state index in [1.54, 1.807) is 6.07 Å². The van der Waals surface area contributed by atoms with E-state index in [9.17, 15) is 14.7 Å². The number of amides is 1. The number of hydrogen-bond acceptors (Lipinski definition) is 4. The standard InChI is InChI=1S/C29H30ClN3O3S/c1-31-14-6-7-19(16-31)17-32(2)25(34)18-33-23-15-24(29(35)36)37-28(23)26(20-8-4-3-5-9-20)27(33)21-10-12-22(30)13-11-21/h3-5,8-13,15,19H,6-7,14,16-18H2,1-2H3,(H,35,36). The van der Waals surface area contributed by atoms with Gasteiger partial charge in [-0.15, -0.1) is 11.3 Å². The molecule has 0 bridgehead atoms. The summed E-state index contributed by atoms with van der Waals surface area (Å²) in [6.45, 7) is 2.92. The van der Waals surface area contributed by atoms with Crippen molar-refractivity contribution in [1.29, 1.82) is 0 Å². The first-order valence-corrected chi connectivity index (χ1v) is 13.6. The Morgan fingerprint density at radius 2 is 1.84 bits per heavy atom. The molecule has 1 amide bonds. The molecule has 5 rings (SSSR count). The van der Waals surface area contributed by atoms with Gasteiger partial charge in [0, 0.05) is 30.7 Å². The summed E-state index contributed by atoms with van der Waals surface area (Å²) in [4.78, 5) is 29.9. The van der Waals surface area contributed by atoms with Crippen LogP contribution in [-0.2, 0) is 11.3 Å². The van der Waals surface area contributed by atoms with Crippen molar-refractivity contribution in [2.45, 2.75) is 19.4 Å². The summed E-state index contributed by atoms with van der Waals surface area (Å²) in [7, 11) is 4.00. The highest BCUT2D eigenvalue weighted by Gasteiger charge is 2.27. The second-order valence-electron chi connectivity index (χ2n) is 9.86. The van der Waals surface area contributed by atoms with Crippen LogP contribution < -0.4 is 0 Å². The third-order valence-electron chi connectivity index (χ3n) is 7.10. The lowest BCUT2D eigenvalue weighted by Gasteiger charge is -2.32. The molecule has 1 saturated heterocycles. The number of aromatic nitrogens is 1. The molecular weight excluding hydrogens is 506 g/mol. The van der Waals surface area contributed by atoms with Gasteiger partial charge in [-0.25, -0.2) is 4.79 Å². The second-order valence-corrected chi connectivity index (χ2v) is 11.3. The predicted octanol–water partition coefficient (Wildman–Crippen LogP) is 6.19. The van der Waals surface area contributed by atoms with Crippen molar-refractivity contribution < 1.29 is 14.7 Å². The summed E-state index contributed by atoms with van der Waals surface area (Å²) < 4.78 is 2.84. The number of benzene rings is 2. The fourth-order valence-corrected chi connectivity index (χ4v) is 6.54. The average Bonchev–Trinajstić information content (AvgIpc) is 3.43. The molecule has 1 aliphatic rings. The van der Waals surface area contributed by atoms with Gasteiger partial charge in [0.05, 0.1) is 15.9 Å². The quantitative estimate of drug-likeness (QED) is 0.306. The van der Waals surface area contributed by atoms with Crippen LogP contribution in [0.3, 0.4) is 0 Å². The van der Waals surface area contributed by atoms with Crippen LogP contribution in [0.5, 0.6) is 0 Å². The van der Waals surface area contributed by atoms with Crippen LogP contribution in [0.25, 0.3) is 32.6 Å². The van der Waals surface area contributed by atoms with E-state index >= 15 is 0 Å². The molecule has 8 heteroatoms. The lowest BCUT2D eigenvalue weighted by molar-refractivity contribution is -0.131. The first-order chi connectivity index (χ1) is 17.8. The minimum Gasteiger partial charge on any atom is -0.477 e. The molecule has 192 valence electrons. The summed E-state index contributed by atoms with van der Waals surface area (Å²) in [6, 6.07) is 19.2. The number of halogens is 1. The lowest BCUT2D eigenvalue weighted by Crippen LogP contribution is -2.40. The first kappa shape index (κ1) is 25.5.